The van der Waals surface area contributed by atoms with E-state index in [4.69, 9.17) is 10.7 Å². The fraction of sp³-hybridized carbons (Fsp3) is 0.281. The number of aromatic nitrogens is 3. The molecule has 5 heteroatoms. The Balaban J connectivity index is 1.42. The molecule has 0 saturated carbocycles. The predicted molar refractivity (Wildman–Crippen MR) is 154 cm³/mol. The van der Waals surface area contributed by atoms with Gasteiger partial charge in [-0.1, -0.05) is 56.0 Å². The number of fused-ring (bicyclic) bond motifs is 2. The van der Waals surface area contributed by atoms with Crippen molar-refractivity contribution >= 4 is 22.2 Å². The maximum Gasteiger partial charge on any atom is 0.138 e. The molecule has 0 amide bonds. The number of piperidine rings is 1. The van der Waals surface area contributed by atoms with Crippen LogP contribution >= 0.6 is 0 Å². The third-order valence-corrected chi connectivity index (χ3v) is 7.83. The minimum Gasteiger partial charge on any atom is -0.370 e. The van der Waals surface area contributed by atoms with Gasteiger partial charge in [0.2, 0.25) is 0 Å². The molecule has 1 fully saturated rings. The Kier molecular flexibility index (Phi) is 6.09. The van der Waals surface area contributed by atoms with E-state index >= 15 is 0 Å². The lowest BCUT2D eigenvalue weighted by Gasteiger charge is -2.34. The van der Waals surface area contributed by atoms with Gasteiger partial charge in [-0.15, -0.1) is 0 Å². The number of benzene rings is 2. The number of hydrogen-bond donors (Lipinski definition) is 1. The van der Waals surface area contributed by atoms with Crippen LogP contribution in [0.3, 0.4) is 0 Å². The van der Waals surface area contributed by atoms with Gasteiger partial charge in [0.05, 0.1) is 5.69 Å². The lowest BCUT2D eigenvalue weighted by atomic mass is 10.0. The summed E-state index contributed by atoms with van der Waals surface area (Å²) in [6.45, 7) is 11.5. The molecule has 5 nitrogen and oxygen atoms in total. The fourth-order valence-corrected chi connectivity index (χ4v) is 5.73. The first-order valence-corrected chi connectivity index (χ1v) is 13.4. The average molecular weight is 490 g/mol. The van der Waals surface area contributed by atoms with Gasteiger partial charge in [-0.05, 0) is 61.6 Å². The van der Waals surface area contributed by atoms with E-state index in [0.717, 1.165) is 72.9 Å². The molecule has 3 aromatic heterocycles. The van der Waals surface area contributed by atoms with Crippen LogP contribution in [0.5, 0.6) is 0 Å². The Morgan fingerprint density at radius 3 is 2.73 bits per heavy atom. The zero-order valence-corrected chi connectivity index (χ0v) is 21.8. The van der Waals surface area contributed by atoms with Crippen molar-refractivity contribution in [3.8, 4) is 11.4 Å². The normalized spacial score (nSPS) is 16.1. The fourth-order valence-electron chi connectivity index (χ4n) is 5.73. The number of pyridine rings is 1. The van der Waals surface area contributed by atoms with Crippen LogP contribution in [0.4, 0.5) is 0 Å². The van der Waals surface area contributed by atoms with Crippen LogP contribution in [0.1, 0.15) is 42.1 Å². The second kappa shape index (κ2) is 9.56. The number of imidazole rings is 1. The highest BCUT2D eigenvalue weighted by molar-refractivity contribution is 5.87. The summed E-state index contributed by atoms with van der Waals surface area (Å²) in [6, 6.07) is 24.3. The maximum absolute atomic E-state index is 6.23. The van der Waals surface area contributed by atoms with Gasteiger partial charge in [-0.25, -0.2) is 4.98 Å². The van der Waals surface area contributed by atoms with Crippen LogP contribution in [0.25, 0.3) is 33.6 Å². The standard InChI is InChI=1S/C32H35N5/c1-4-24-9-7-10-25(17-24)20-37-29-13-6-5-11-27(29)18-30(37)32-23(3)36-16-14-26(19-31(36)34-32)22(2)35-15-8-12-28(33)21-35/h5-7,9-11,13-14,16-19,28H,2,4,8,12,15,20-21,33H2,1,3H3. The molecule has 1 unspecified atom stereocenters. The summed E-state index contributed by atoms with van der Waals surface area (Å²) in [7, 11) is 0. The molecule has 0 bridgehead atoms. The molecule has 0 aliphatic carbocycles. The van der Waals surface area contributed by atoms with Crippen LogP contribution in [0.15, 0.2) is 79.5 Å². The molecule has 6 rings (SSSR count). The number of likely N-dealkylation sites (tertiary alicyclic amines) is 1. The summed E-state index contributed by atoms with van der Waals surface area (Å²) < 4.78 is 4.60. The van der Waals surface area contributed by atoms with E-state index in [1.54, 1.807) is 0 Å². The molecule has 37 heavy (non-hydrogen) atoms. The third-order valence-electron chi connectivity index (χ3n) is 7.83. The second-order valence-electron chi connectivity index (χ2n) is 10.3. The molecule has 5 aromatic rings. The molecule has 2 N–H and O–H groups in total. The van der Waals surface area contributed by atoms with Gasteiger partial charge < -0.3 is 19.6 Å². The van der Waals surface area contributed by atoms with Crippen molar-refractivity contribution < 1.29 is 0 Å². The van der Waals surface area contributed by atoms with E-state index in [1.807, 2.05) is 0 Å². The number of nitrogens with zero attached hydrogens (tertiary/aromatic N) is 4. The van der Waals surface area contributed by atoms with Gasteiger partial charge in [0.1, 0.15) is 11.3 Å². The molecular weight excluding hydrogens is 454 g/mol. The highest BCUT2D eigenvalue weighted by Gasteiger charge is 2.21. The molecule has 188 valence electrons. The Morgan fingerprint density at radius 1 is 1.05 bits per heavy atom. The number of para-hydroxylation sites is 1. The number of hydrogen-bond acceptors (Lipinski definition) is 3. The zero-order valence-electron chi connectivity index (χ0n) is 21.8. The van der Waals surface area contributed by atoms with Crippen molar-refractivity contribution in [2.24, 2.45) is 5.73 Å². The van der Waals surface area contributed by atoms with E-state index in [-0.39, 0.29) is 6.04 Å². The van der Waals surface area contributed by atoms with Gasteiger partial charge >= 0.3 is 0 Å². The van der Waals surface area contributed by atoms with Crippen molar-refractivity contribution in [1.29, 1.82) is 0 Å². The molecule has 1 saturated heterocycles. The smallest absolute Gasteiger partial charge is 0.138 e. The van der Waals surface area contributed by atoms with E-state index in [0.29, 0.717) is 0 Å². The third kappa shape index (κ3) is 4.34. The van der Waals surface area contributed by atoms with Gasteiger partial charge in [0.25, 0.3) is 0 Å². The number of aryl methyl sites for hydroxylation is 2. The minimum absolute atomic E-state index is 0.217. The van der Waals surface area contributed by atoms with E-state index in [2.05, 4.69) is 107 Å². The molecule has 1 atom stereocenters. The lowest BCUT2D eigenvalue weighted by Crippen LogP contribution is -2.41. The van der Waals surface area contributed by atoms with Crippen molar-refractivity contribution in [3.63, 3.8) is 0 Å². The molecular formula is C32H35N5. The van der Waals surface area contributed by atoms with Gasteiger partial charge in [-0.2, -0.15) is 0 Å². The summed E-state index contributed by atoms with van der Waals surface area (Å²) in [5.41, 5.74) is 16.5. The lowest BCUT2D eigenvalue weighted by molar-refractivity contribution is 0.296. The quantitative estimate of drug-likeness (QED) is 0.306. The molecule has 1 aliphatic rings. The maximum atomic E-state index is 6.23. The molecule has 0 spiro atoms. The Labute approximate surface area is 218 Å². The SMILES string of the molecule is C=C(c1ccn2c(C)c(-c3cc4ccccc4n3Cc3cccc(CC)c3)nc2c1)N1CCCC(N)C1. The van der Waals surface area contributed by atoms with Gasteiger partial charge in [0, 0.05) is 59.7 Å². The molecule has 0 radical (unpaired) electrons. The Bertz CT molecular complexity index is 1600. The summed E-state index contributed by atoms with van der Waals surface area (Å²) in [6.07, 6.45) is 5.36. The van der Waals surface area contributed by atoms with Crippen LogP contribution in [-0.2, 0) is 13.0 Å². The topological polar surface area (TPSA) is 51.5 Å². The Morgan fingerprint density at radius 2 is 1.89 bits per heavy atom. The van der Waals surface area contributed by atoms with Crippen molar-refractivity contribution in [2.75, 3.05) is 13.1 Å². The summed E-state index contributed by atoms with van der Waals surface area (Å²) in [5, 5.41) is 1.23. The molecule has 4 heterocycles. The highest BCUT2D eigenvalue weighted by atomic mass is 15.2. The Hall–Kier alpha value is -3.83. The van der Waals surface area contributed by atoms with Crippen LogP contribution < -0.4 is 5.73 Å². The van der Waals surface area contributed by atoms with Crippen molar-refractivity contribution in [1.82, 2.24) is 18.9 Å². The second-order valence-corrected chi connectivity index (χ2v) is 10.3. The zero-order chi connectivity index (χ0) is 25.5. The van der Waals surface area contributed by atoms with Crippen molar-refractivity contribution in [3.05, 3.63) is 102 Å². The first-order chi connectivity index (χ1) is 18.0. The monoisotopic (exact) mass is 489 g/mol. The van der Waals surface area contributed by atoms with Crippen LogP contribution in [0, 0.1) is 6.92 Å². The average Bonchev–Trinajstić information content (AvgIpc) is 3.45. The molecule has 2 aromatic carbocycles. The first-order valence-electron chi connectivity index (χ1n) is 13.4. The predicted octanol–water partition coefficient (Wildman–Crippen LogP) is 6.27. The van der Waals surface area contributed by atoms with E-state index in [9.17, 15) is 0 Å². The largest absolute Gasteiger partial charge is 0.370 e. The summed E-state index contributed by atoms with van der Waals surface area (Å²) >= 11 is 0. The molecule has 1 aliphatic heterocycles. The van der Waals surface area contributed by atoms with Crippen LogP contribution in [0.2, 0.25) is 0 Å². The summed E-state index contributed by atoms with van der Waals surface area (Å²) in [5.74, 6) is 0. The highest BCUT2D eigenvalue weighted by Crippen LogP contribution is 2.32. The van der Waals surface area contributed by atoms with Crippen LogP contribution in [-0.4, -0.2) is 38.0 Å². The number of nitrogens with two attached hydrogens (primary N) is 1. The van der Waals surface area contributed by atoms with E-state index < -0.39 is 0 Å². The first kappa shape index (κ1) is 23.6. The van der Waals surface area contributed by atoms with Gasteiger partial charge in [-0.3, -0.25) is 0 Å². The van der Waals surface area contributed by atoms with Gasteiger partial charge in [0.15, 0.2) is 0 Å². The summed E-state index contributed by atoms with van der Waals surface area (Å²) in [4.78, 5) is 7.49. The number of rotatable bonds is 6. The minimum atomic E-state index is 0.217. The van der Waals surface area contributed by atoms with E-state index in [1.165, 1.54) is 22.0 Å². The van der Waals surface area contributed by atoms with Crippen molar-refractivity contribution in [2.45, 2.75) is 45.7 Å².